The molecule has 0 bridgehead atoms. The molecule has 124 valence electrons. The van der Waals surface area contributed by atoms with Crippen LogP contribution in [0.4, 0.5) is 0 Å². The normalized spacial score (nSPS) is 11.5. The lowest BCUT2D eigenvalue weighted by Crippen LogP contribution is -1.75. The van der Waals surface area contributed by atoms with E-state index in [-0.39, 0.29) is 0 Å². The predicted molar refractivity (Wildman–Crippen MR) is 102 cm³/mol. The molecule has 0 aliphatic carbocycles. The van der Waals surface area contributed by atoms with Crippen LogP contribution in [0.25, 0.3) is 0 Å². The number of allylic oxidation sites excluding steroid dienone is 6. The third-order valence-electron chi connectivity index (χ3n) is 3.40. The largest absolute Gasteiger partial charge is 0.103 e. The highest BCUT2D eigenvalue weighted by molar-refractivity contribution is 4.98. The lowest BCUT2D eigenvalue weighted by atomic mass is 10.1. The first kappa shape index (κ1) is 20.8. The minimum atomic E-state index is 1.06. The summed E-state index contributed by atoms with van der Waals surface area (Å²) in [5.41, 5.74) is 0. The Morgan fingerprint density at radius 2 is 1.18 bits per heavy atom. The summed E-state index contributed by atoms with van der Waals surface area (Å²) in [5, 5.41) is 0. The maximum Gasteiger partial charge on any atom is 0.00886 e. The Hall–Kier alpha value is -1.22. The molecule has 0 heteroatoms. The van der Waals surface area contributed by atoms with Crippen molar-refractivity contribution in [3.63, 3.8) is 0 Å². The highest BCUT2D eigenvalue weighted by Gasteiger charge is 1.85. The van der Waals surface area contributed by atoms with Crippen LogP contribution in [-0.4, -0.2) is 0 Å². The van der Waals surface area contributed by atoms with E-state index in [4.69, 9.17) is 0 Å². The summed E-state index contributed by atoms with van der Waals surface area (Å²) in [6.45, 7) is 4.40. The molecule has 0 spiro atoms. The molecule has 22 heavy (non-hydrogen) atoms. The molecule has 0 N–H and O–H groups in total. The third-order valence-corrected chi connectivity index (χ3v) is 3.40. The van der Waals surface area contributed by atoms with Crippen molar-refractivity contribution in [1.29, 1.82) is 0 Å². The second-order valence-corrected chi connectivity index (χ2v) is 5.72. The molecule has 0 nitrogen and oxygen atoms in total. The molecule has 0 radical (unpaired) electrons. The van der Waals surface area contributed by atoms with Gasteiger partial charge < -0.3 is 0 Å². The van der Waals surface area contributed by atoms with E-state index in [0.29, 0.717) is 0 Å². The molecular weight excluding hydrogens is 264 g/mol. The Balaban J connectivity index is 3.28. The van der Waals surface area contributed by atoms with Gasteiger partial charge in [0.05, 0.1) is 0 Å². The van der Waals surface area contributed by atoms with E-state index in [1.807, 2.05) is 0 Å². The van der Waals surface area contributed by atoms with E-state index in [1.54, 1.807) is 0 Å². The molecule has 0 aromatic heterocycles. The summed E-state index contributed by atoms with van der Waals surface area (Å²) < 4.78 is 0. The molecule has 0 rings (SSSR count). The average Bonchev–Trinajstić information content (AvgIpc) is 2.54. The summed E-state index contributed by atoms with van der Waals surface area (Å²) in [7, 11) is 0. The zero-order valence-corrected chi connectivity index (χ0v) is 14.9. The summed E-state index contributed by atoms with van der Waals surface area (Å²) in [4.78, 5) is 0. The maximum absolute atomic E-state index is 3.25. The van der Waals surface area contributed by atoms with E-state index in [1.165, 1.54) is 57.8 Å². The standard InChI is InChI=1S/C22H36/c1-3-5-7-9-11-13-15-17-19-21-22-20-18-16-14-12-10-8-6-4-2/h7,9,13,15,21-22H,3-6,11-12,14,16-20H2,1-2H3. The molecule has 0 aliphatic rings. The lowest BCUT2D eigenvalue weighted by molar-refractivity contribution is 0.701. The fourth-order valence-corrected chi connectivity index (χ4v) is 2.06. The molecular formula is C22H36. The van der Waals surface area contributed by atoms with Crippen molar-refractivity contribution in [1.82, 2.24) is 0 Å². The van der Waals surface area contributed by atoms with Gasteiger partial charge in [-0.05, 0) is 51.4 Å². The van der Waals surface area contributed by atoms with Crippen molar-refractivity contribution in [3.05, 3.63) is 36.5 Å². The van der Waals surface area contributed by atoms with Gasteiger partial charge in [-0.1, -0.05) is 63.1 Å². The minimum absolute atomic E-state index is 1.06. The molecule has 0 heterocycles. The summed E-state index contributed by atoms with van der Waals surface area (Å²) in [6, 6.07) is 0. The Morgan fingerprint density at radius 1 is 0.545 bits per heavy atom. The minimum Gasteiger partial charge on any atom is -0.103 e. The van der Waals surface area contributed by atoms with Crippen LogP contribution in [0, 0.1) is 11.8 Å². The smallest absolute Gasteiger partial charge is 0.00886 e. The Labute approximate surface area is 139 Å². The Morgan fingerprint density at radius 3 is 1.91 bits per heavy atom. The van der Waals surface area contributed by atoms with Crippen molar-refractivity contribution in [2.75, 3.05) is 0 Å². The van der Waals surface area contributed by atoms with Crippen molar-refractivity contribution >= 4 is 0 Å². The zero-order valence-electron chi connectivity index (χ0n) is 14.9. The molecule has 0 unspecified atom stereocenters. The van der Waals surface area contributed by atoms with Gasteiger partial charge in [0.2, 0.25) is 0 Å². The molecule has 0 fully saturated rings. The van der Waals surface area contributed by atoms with Gasteiger partial charge in [-0.15, -0.1) is 11.8 Å². The van der Waals surface area contributed by atoms with Crippen LogP contribution in [0.1, 0.15) is 90.9 Å². The van der Waals surface area contributed by atoms with E-state index >= 15 is 0 Å². The number of rotatable bonds is 13. The second kappa shape index (κ2) is 19.8. The highest BCUT2D eigenvalue weighted by atomic mass is 13.9. The summed E-state index contributed by atoms with van der Waals surface area (Å²) in [5.74, 6) is 6.46. The highest BCUT2D eigenvalue weighted by Crippen LogP contribution is 2.04. The topological polar surface area (TPSA) is 0 Å². The van der Waals surface area contributed by atoms with E-state index in [0.717, 1.165) is 19.3 Å². The Bertz CT molecular complexity index is 346. The van der Waals surface area contributed by atoms with Gasteiger partial charge in [-0.25, -0.2) is 0 Å². The molecule has 0 atom stereocenters. The molecule has 0 amide bonds. The third kappa shape index (κ3) is 18.8. The monoisotopic (exact) mass is 300 g/mol. The molecule has 0 saturated heterocycles. The van der Waals surface area contributed by atoms with Gasteiger partial charge in [-0.2, -0.15) is 0 Å². The van der Waals surface area contributed by atoms with Crippen molar-refractivity contribution < 1.29 is 0 Å². The first-order valence-corrected chi connectivity index (χ1v) is 9.32. The molecule has 0 aromatic rings. The van der Waals surface area contributed by atoms with Gasteiger partial charge in [0.1, 0.15) is 0 Å². The van der Waals surface area contributed by atoms with Gasteiger partial charge in [0.25, 0.3) is 0 Å². The zero-order chi connectivity index (χ0) is 16.1. The average molecular weight is 301 g/mol. The van der Waals surface area contributed by atoms with Crippen LogP contribution in [0.5, 0.6) is 0 Å². The fraction of sp³-hybridized carbons (Fsp3) is 0.636. The van der Waals surface area contributed by atoms with Gasteiger partial charge >= 0.3 is 0 Å². The first-order chi connectivity index (χ1) is 10.9. The summed E-state index contributed by atoms with van der Waals surface area (Å²) >= 11 is 0. The SMILES string of the molecule is CCCC#CCCCCCC=CCCC=CCC=CCCC. The van der Waals surface area contributed by atoms with Crippen LogP contribution < -0.4 is 0 Å². The van der Waals surface area contributed by atoms with Crippen LogP contribution >= 0.6 is 0 Å². The van der Waals surface area contributed by atoms with Crippen LogP contribution in [0.3, 0.4) is 0 Å². The number of unbranched alkanes of at least 4 members (excludes halogenated alkanes) is 7. The first-order valence-electron chi connectivity index (χ1n) is 9.32. The van der Waals surface area contributed by atoms with Crippen molar-refractivity contribution in [3.8, 4) is 11.8 Å². The quantitative estimate of drug-likeness (QED) is 0.189. The number of hydrogen-bond acceptors (Lipinski definition) is 0. The molecule has 0 aliphatic heterocycles. The van der Waals surface area contributed by atoms with Crippen LogP contribution in [0.2, 0.25) is 0 Å². The lowest BCUT2D eigenvalue weighted by Gasteiger charge is -1.94. The fourth-order valence-electron chi connectivity index (χ4n) is 2.06. The number of hydrogen-bond donors (Lipinski definition) is 0. The van der Waals surface area contributed by atoms with Gasteiger partial charge in [-0.3, -0.25) is 0 Å². The van der Waals surface area contributed by atoms with Crippen molar-refractivity contribution in [2.24, 2.45) is 0 Å². The van der Waals surface area contributed by atoms with Gasteiger partial charge in [0.15, 0.2) is 0 Å². The van der Waals surface area contributed by atoms with Crippen molar-refractivity contribution in [2.45, 2.75) is 90.9 Å². The van der Waals surface area contributed by atoms with E-state index in [9.17, 15) is 0 Å². The van der Waals surface area contributed by atoms with E-state index in [2.05, 4.69) is 62.1 Å². The van der Waals surface area contributed by atoms with Crippen LogP contribution in [-0.2, 0) is 0 Å². The second-order valence-electron chi connectivity index (χ2n) is 5.72. The van der Waals surface area contributed by atoms with E-state index < -0.39 is 0 Å². The molecule has 0 saturated carbocycles. The molecule has 0 aromatic carbocycles. The summed E-state index contributed by atoms with van der Waals surface area (Å²) in [6.07, 6.45) is 28.1. The maximum atomic E-state index is 3.25. The van der Waals surface area contributed by atoms with Gasteiger partial charge in [0, 0.05) is 12.8 Å². The predicted octanol–water partition coefficient (Wildman–Crippen LogP) is 7.38. The van der Waals surface area contributed by atoms with Crippen LogP contribution in [0.15, 0.2) is 36.5 Å². The Kier molecular flexibility index (Phi) is 18.7.